The van der Waals surface area contributed by atoms with Gasteiger partial charge in [-0.2, -0.15) is 0 Å². The van der Waals surface area contributed by atoms with Crippen LogP contribution in [0.15, 0.2) is 75.7 Å². The maximum absolute atomic E-state index is 5.10. The Bertz CT molecular complexity index is 1330. The first-order valence-corrected chi connectivity index (χ1v) is 12.7. The van der Waals surface area contributed by atoms with Gasteiger partial charge in [0.25, 0.3) is 0 Å². The predicted octanol–water partition coefficient (Wildman–Crippen LogP) is 9.31. The minimum atomic E-state index is -0.131. The van der Waals surface area contributed by atoms with Crippen LogP contribution in [0.1, 0.15) is 41.8 Å². The van der Waals surface area contributed by atoms with Gasteiger partial charge in [-0.05, 0) is 91.6 Å². The van der Waals surface area contributed by atoms with Gasteiger partial charge in [-0.3, -0.25) is 4.98 Å². The van der Waals surface area contributed by atoms with E-state index >= 15 is 0 Å². The first kappa shape index (κ1) is 22.4. The van der Waals surface area contributed by atoms with Crippen molar-refractivity contribution in [1.29, 1.82) is 0 Å². The van der Waals surface area contributed by atoms with Gasteiger partial charge in [0.2, 0.25) is 0 Å². The summed E-state index contributed by atoms with van der Waals surface area (Å²) in [5.74, 6) is 0. The van der Waals surface area contributed by atoms with Crippen molar-refractivity contribution in [2.75, 3.05) is 4.90 Å². The van der Waals surface area contributed by atoms with E-state index < -0.39 is 0 Å². The Hall–Kier alpha value is -2.43. The summed E-state index contributed by atoms with van der Waals surface area (Å²) in [5, 5.41) is 0. The fourth-order valence-corrected chi connectivity index (χ4v) is 5.81. The van der Waals surface area contributed by atoms with Crippen LogP contribution in [-0.2, 0) is 5.41 Å². The van der Waals surface area contributed by atoms with Gasteiger partial charge in [0.05, 0.1) is 28.5 Å². The molecule has 1 aromatic heterocycles. The molecule has 0 N–H and O–H groups in total. The molecule has 0 radical (unpaired) electrons. The third-order valence-corrected chi connectivity index (χ3v) is 7.77. The molecule has 0 bridgehead atoms. The normalized spacial score (nSPS) is 14.1. The second kappa shape index (κ2) is 8.11. The molecule has 2 heterocycles. The smallest absolute Gasteiger partial charge is 0.0712 e. The quantitative estimate of drug-likeness (QED) is 0.242. The summed E-state index contributed by atoms with van der Waals surface area (Å²) in [6.07, 6.45) is 0. The molecule has 1 aliphatic rings. The molecule has 0 amide bonds. The molecule has 166 valence electrons. The van der Waals surface area contributed by atoms with Crippen LogP contribution in [-0.4, -0.2) is 4.98 Å². The summed E-state index contributed by atoms with van der Waals surface area (Å²) in [6.45, 7) is 11.0. The van der Waals surface area contributed by atoms with E-state index in [0.29, 0.717) is 0 Å². The van der Waals surface area contributed by atoms with Crippen molar-refractivity contribution in [2.45, 2.75) is 40.0 Å². The van der Waals surface area contributed by atoms with Crippen molar-refractivity contribution in [1.82, 2.24) is 4.98 Å². The fraction of sp³-hybridized carbons (Fsp3) is 0.207. The fourth-order valence-electron chi connectivity index (χ4n) is 5.09. The Kier molecular flexibility index (Phi) is 5.49. The van der Waals surface area contributed by atoms with Gasteiger partial charge in [-0.25, -0.2) is 0 Å². The van der Waals surface area contributed by atoms with Gasteiger partial charge in [-0.1, -0.05) is 63.9 Å². The summed E-state index contributed by atoms with van der Waals surface area (Å²) < 4.78 is 2.18. The lowest BCUT2D eigenvalue weighted by Gasteiger charge is -2.42. The van der Waals surface area contributed by atoms with Gasteiger partial charge in [0.15, 0.2) is 0 Å². The third kappa shape index (κ3) is 3.64. The van der Waals surface area contributed by atoms with Gasteiger partial charge in [-0.15, -0.1) is 0 Å². The summed E-state index contributed by atoms with van der Waals surface area (Å²) in [4.78, 5) is 7.46. The van der Waals surface area contributed by atoms with Crippen molar-refractivity contribution in [2.24, 2.45) is 0 Å². The molecule has 3 aromatic carbocycles. The lowest BCUT2D eigenvalue weighted by atomic mass is 9.73. The molecule has 4 aromatic rings. The maximum Gasteiger partial charge on any atom is 0.0712 e. The average Bonchev–Trinajstić information content (AvgIpc) is 2.76. The lowest BCUT2D eigenvalue weighted by Crippen LogP contribution is -2.31. The molecule has 0 spiro atoms. The topological polar surface area (TPSA) is 16.1 Å². The van der Waals surface area contributed by atoms with Crippen LogP contribution in [0, 0.1) is 20.8 Å². The van der Waals surface area contributed by atoms with E-state index in [1.807, 2.05) is 0 Å². The van der Waals surface area contributed by atoms with Crippen molar-refractivity contribution in [3.05, 3.63) is 104 Å². The highest BCUT2D eigenvalue weighted by Crippen LogP contribution is 2.53. The number of aryl methyl sites for hydroxylation is 3. The van der Waals surface area contributed by atoms with Gasteiger partial charge in [0, 0.05) is 19.9 Å². The first-order valence-electron chi connectivity index (χ1n) is 11.1. The largest absolute Gasteiger partial charge is 0.308 e. The molecular formula is C29H26Br2N2. The Morgan fingerprint density at radius 2 is 1.21 bits per heavy atom. The maximum atomic E-state index is 5.10. The van der Waals surface area contributed by atoms with Crippen LogP contribution < -0.4 is 4.90 Å². The molecule has 0 saturated heterocycles. The summed E-state index contributed by atoms with van der Waals surface area (Å²) in [7, 11) is 0. The van der Waals surface area contributed by atoms with Crippen LogP contribution >= 0.6 is 31.9 Å². The van der Waals surface area contributed by atoms with Crippen LogP contribution in [0.2, 0.25) is 0 Å². The number of hydrogen-bond acceptors (Lipinski definition) is 2. The van der Waals surface area contributed by atoms with Gasteiger partial charge in [0.1, 0.15) is 0 Å². The SMILES string of the molecule is Cc1cccc(C)c1-c1ccc(N2c3ccc(Br)cc3C(C)(C)c3cc(Br)ccc32)c(C)n1. The van der Waals surface area contributed by atoms with Crippen LogP contribution in [0.5, 0.6) is 0 Å². The molecular weight excluding hydrogens is 536 g/mol. The number of benzene rings is 3. The molecule has 0 unspecified atom stereocenters. The van der Waals surface area contributed by atoms with Crippen molar-refractivity contribution >= 4 is 48.9 Å². The number of anilines is 3. The van der Waals surface area contributed by atoms with Crippen molar-refractivity contribution in [3.8, 4) is 11.3 Å². The zero-order chi connectivity index (χ0) is 23.5. The van der Waals surface area contributed by atoms with Crippen molar-refractivity contribution in [3.63, 3.8) is 0 Å². The second-order valence-corrected chi connectivity index (χ2v) is 11.2. The number of fused-ring (bicyclic) bond motifs is 2. The minimum Gasteiger partial charge on any atom is -0.308 e. The number of aromatic nitrogens is 1. The minimum absolute atomic E-state index is 0.131. The van der Waals surface area contributed by atoms with Gasteiger partial charge >= 0.3 is 0 Å². The summed E-state index contributed by atoms with van der Waals surface area (Å²) in [6, 6.07) is 24.0. The first-order chi connectivity index (χ1) is 15.7. The monoisotopic (exact) mass is 560 g/mol. The van der Waals surface area contributed by atoms with Crippen LogP contribution in [0.4, 0.5) is 17.1 Å². The molecule has 4 heteroatoms. The molecule has 5 rings (SSSR count). The average molecular weight is 562 g/mol. The predicted molar refractivity (Wildman–Crippen MR) is 146 cm³/mol. The number of hydrogen-bond donors (Lipinski definition) is 0. The van der Waals surface area contributed by atoms with E-state index in [1.165, 1.54) is 39.2 Å². The number of nitrogens with zero attached hydrogens (tertiary/aromatic N) is 2. The Morgan fingerprint density at radius 3 is 1.73 bits per heavy atom. The highest BCUT2D eigenvalue weighted by Gasteiger charge is 2.37. The van der Waals surface area contributed by atoms with E-state index in [1.54, 1.807) is 0 Å². The second-order valence-electron chi connectivity index (χ2n) is 9.35. The zero-order valence-electron chi connectivity index (χ0n) is 19.5. The van der Waals surface area contributed by atoms with E-state index in [9.17, 15) is 0 Å². The number of pyridine rings is 1. The molecule has 33 heavy (non-hydrogen) atoms. The highest BCUT2D eigenvalue weighted by atomic mass is 79.9. The molecule has 1 aliphatic heterocycles. The Labute approximate surface area is 213 Å². The van der Waals surface area contributed by atoms with E-state index in [4.69, 9.17) is 4.98 Å². The summed E-state index contributed by atoms with van der Waals surface area (Å²) >= 11 is 7.39. The molecule has 0 aliphatic carbocycles. The number of rotatable bonds is 2. The van der Waals surface area contributed by atoms with Crippen LogP contribution in [0.3, 0.4) is 0 Å². The Morgan fingerprint density at radius 1 is 0.697 bits per heavy atom. The standard InChI is InChI=1S/C29H26Br2N2/c1-17-7-6-8-18(2)28(17)24-11-14-25(19(3)32-24)33-26-12-9-20(30)15-22(26)29(4,5)23-16-21(31)10-13-27(23)33/h6-16H,1-5H3. The lowest BCUT2D eigenvalue weighted by molar-refractivity contribution is 0.630. The molecule has 0 saturated carbocycles. The van der Waals surface area contributed by atoms with Gasteiger partial charge < -0.3 is 4.90 Å². The zero-order valence-corrected chi connectivity index (χ0v) is 22.7. The molecule has 0 fully saturated rings. The Balaban J connectivity index is 1.74. The highest BCUT2D eigenvalue weighted by molar-refractivity contribution is 9.10. The van der Waals surface area contributed by atoms with E-state index in [0.717, 1.165) is 26.0 Å². The summed E-state index contributed by atoms with van der Waals surface area (Å²) in [5.41, 5.74) is 11.7. The number of halogens is 2. The van der Waals surface area contributed by atoms with Crippen molar-refractivity contribution < 1.29 is 0 Å². The van der Waals surface area contributed by atoms with E-state index in [-0.39, 0.29) is 5.41 Å². The molecule has 2 nitrogen and oxygen atoms in total. The van der Waals surface area contributed by atoms with E-state index in [2.05, 4.69) is 138 Å². The third-order valence-electron chi connectivity index (χ3n) is 6.78. The molecule has 0 atom stereocenters. The van der Waals surface area contributed by atoms with Crippen LogP contribution in [0.25, 0.3) is 11.3 Å².